The molecule has 0 saturated carbocycles. The van der Waals surface area contributed by atoms with Crippen LogP contribution in [-0.2, 0) is 15.9 Å². The van der Waals surface area contributed by atoms with E-state index in [9.17, 15) is 0 Å². The molecule has 2 aliphatic heterocycles. The van der Waals surface area contributed by atoms with Gasteiger partial charge in [0.15, 0.2) is 6.29 Å². The molecule has 0 aliphatic carbocycles. The first-order chi connectivity index (χ1) is 10.9. The van der Waals surface area contributed by atoms with Crippen molar-refractivity contribution < 1.29 is 9.47 Å². The summed E-state index contributed by atoms with van der Waals surface area (Å²) < 4.78 is 11.3. The molecule has 1 N–H and O–H groups in total. The zero-order valence-electron chi connectivity index (χ0n) is 12.8. The van der Waals surface area contributed by atoms with Crippen LogP contribution in [-0.4, -0.2) is 49.0 Å². The molecule has 1 fully saturated rings. The lowest BCUT2D eigenvalue weighted by Crippen LogP contribution is -2.35. The second-order valence-corrected chi connectivity index (χ2v) is 6.03. The molecule has 0 amide bonds. The van der Waals surface area contributed by atoms with E-state index >= 15 is 0 Å². The molecule has 0 bridgehead atoms. The number of H-pyrrole nitrogens is 1. The van der Waals surface area contributed by atoms with Crippen LogP contribution in [0.3, 0.4) is 0 Å². The van der Waals surface area contributed by atoms with Gasteiger partial charge in [0, 0.05) is 36.7 Å². The van der Waals surface area contributed by atoms with Crippen molar-refractivity contribution in [1.82, 2.24) is 9.88 Å². The molecule has 4 nitrogen and oxygen atoms in total. The van der Waals surface area contributed by atoms with E-state index in [1.807, 2.05) is 0 Å². The van der Waals surface area contributed by atoms with Gasteiger partial charge < -0.3 is 14.5 Å². The van der Waals surface area contributed by atoms with Crippen molar-refractivity contribution in [2.45, 2.75) is 19.1 Å². The number of hydrogen-bond acceptors (Lipinski definition) is 3. The first kappa shape index (κ1) is 14.0. The molecule has 0 atom stereocenters. The Morgan fingerprint density at radius 3 is 2.95 bits per heavy atom. The summed E-state index contributed by atoms with van der Waals surface area (Å²) in [4.78, 5) is 5.86. The molecule has 2 aliphatic rings. The Bertz CT molecular complexity index is 671. The van der Waals surface area contributed by atoms with Gasteiger partial charge >= 0.3 is 0 Å². The van der Waals surface area contributed by atoms with Gasteiger partial charge in [-0.3, -0.25) is 4.90 Å². The number of para-hydroxylation sites is 1. The molecular weight excluding hydrogens is 276 g/mol. The van der Waals surface area contributed by atoms with Gasteiger partial charge in [-0.1, -0.05) is 24.3 Å². The maximum atomic E-state index is 5.63. The van der Waals surface area contributed by atoms with Crippen molar-refractivity contribution in [3.8, 4) is 0 Å². The smallest absolute Gasteiger partial charge is 0.181 e. The van der Waals surface area contributed by atoms with Gasteiger partial charge in [-0.05, 0) is 30.0 Å². The summed E-state index contributed by atoms with van der Waals surface area (Å²) in [5, 5.41) is 1.35. The Balaban J connectivity index is 1.38. The van der Waals surface area contributed by atoms with Crippen molar-refractivity contribution in [1.29, 1.82) is 0 Å². The monoisotopic (exact) mass is 298 g/mol. The second-order valence-electron chi connectivity index (χ2n) is 6.03. The van der Waals surface area contributed by atoms with Crippen molar-refractivity contribution in [2.24, 2.45) is 0 Å². The molecule has 1 aromatic heterocycles. The SMILES string of the molecule is C1=C(C2OCCO2)CN(CCc2c[nH]c3ccccc23)CC1. The van der Waals surface area contributed by atoms with Crippen LogP contribution >= 0.6 is 0 Å². The fourth-order valence-electron chi connectivity index (χ4n) is 3.39. The first-order valence-electron chi connectivity index (χ1n) is 8.09. The summed E-state index contributed by atoms with van der Waals surface area (Å²) in [6.07, 6.45) is 6.50. The number of aromatic amines is 1. The number of nitrogens with one attached hydrogen (secondary N) is 1. The van der Waals surface area contributed by atoms with Gasteiger partial charge in [0.25, 0.3) is 0 Å². The normalized spacial score (nSPS) is 20.6. The second kappa shape index (κ2) is 6.24. The fourth-order valence-corrected chi connectivity index (χ4v) is 3.39. The standard InChI is InChI=1S/C18H22N2O2/c1-2-6-17-16(5-1)14(12-19-17)7-9-20-8-3-4-15(13-20)18-21-10-11-22-18/h1-2,4-6,12,18-19H,3,7-11,13H2. The summed E-state index contributed by atoms with van der Waals surface area (Å²) in [6.45, 7) is 4.60. The van der Waals surface area contributed by atoms with Crippen molar-refractivity contribution in [2.75, 3.05) is 32.8 Å². The van der Waals surface area contributed by atoms with Crippen LogP contribution < -0.4 is 0 Å². The van der Waals surface area contributed by atoms with Gasteiger partial charge in [-0.2, -0.15) is 0 Å². The van der Waals surface area contributed by atoms with E-state index in [1.165, 1.54) is 22.0 Å². The predicted molar refractivity (Wildman–Crippen MR) is 86.8 cm³/mol. The Hall–Kier alpha value is -1.62. The average Bonchev–Trinajstić information content (AvgIpc) is 3.23. The molecule has 1 saturated heterocycles. The summed E-state index contributed by atoms with van der Waals surface area (Å²) in [5.74, 6) is 0. The molecule has 22 heavy (non-hydrogen) atoms. The van der Waals surface area contributed by atoms with Crippen LogP contribution in [0.1, 0.15) is 12.0 Å². The lowest BCUT2D eigenvalue weighted by Gasteiger charge is -2.29. The van der Waals surface area contributed by atoms with Crippen LogP contribution in [0.4, 0.5) is 0 Å². The zero-order chi connectivity index (χ0) is 14.8. The molecule has 116 valence electrons. The van der Waals surface area contributed by atoms with E-state index in [1.54, 1.807) is 0 Å². The maximum absolute atomic E-state index is 5.63. The van der Waals surface area contributed by atoms with E-state index in [4.69, 9.17) is 9.47 Å². The molecule has 4 rings (SSSR count). The largest absolute Gasteiger partial charge is 0.361 e. The number of rotatable bonds is 4. The minimum Gasteiger partial charge on any atom is -0.361 e. The van der Waals surface area contributed by atoms with Gasteiger partial charge in [0.1, 0.15) is 0 Å². The van der Waals surface area contributed by atoms with E-state index in [0.717, 1.165) is 45.7 Å². The third-order valence-electron chi connectivity index (χ3n) is 4.55. The molecule has 0 spiro atoms. The minimum atomic E-state index is -0.101. The fraction of sp³-hybridized carbons (Fsp3) is 0.444. The van der Waals surface area contributed by atoms with Gasteiger partial charge in [0.05, 0.1) is 13.2 Å². The van der Waals surface area contributed by atoms with Crippen molar-refractivity contribution in [3.63, 3.8) is 0 Å². The molecular formula is C18H22N2O2. The predicted octanol–water partition coefficient (Wildman–Crippen LogP) is 2.72. The number of benzene rings is 1. The Labute approximate surface area is 130 Å². The summed E-state index contributed by atoms with van der Waals surface area (Å²) in [7, 11) is 0. The van der Waals surface area contributed by atoms with Gasteiger partial charge in [0.2, 0.25) is 0 Å². The third kappa shape index (κ3) is 2.82. The summed E-state index contributed by atoms with van der Waals surface area (Å²) in [6, 6.07) is 8.51. The van der Waals surface area contributed by atoms with E-state index in [2.05, 4.69) is 46.4 Å². The number of hydrogen-bond donors (Lipinski definition) is 1. The molecule has 2 aromatic rings. The minimum absolute atomic E-state index is 0.101. The number of fused-ring (bicyclic) bond motifs is 1. The molecule has 3 heterocycles. The summed E-state index contributed by atoms with van der Waals surface area (Å²) >= 11 is 0. The molecule has 4 heteroatoms. The van der Waals surface area contributed by atoms with Gasteiger partial charge in [-0.15, -0.1) is 0 Å². The molecule has 1 aromatic carbocycles. The highest BCUT2D eigenvalue weighted by Crippen LogP contribution is 2.21. The highest BCUT2D eigenvalue weighted by molar-refractivity contribution is 5.83. The lowest BCUT2D eigenvalue weighted by molar-refractivity contribution is -0.0174. The highest BCUT2D eigenvalue weighted by atomic mass is 16.7. The lowest BCUT2D eigenvalue weighted by atomic mass is 10.1. The Morgan fingerprint density at radius 1 is 1.18 bits per heavy atom. The Morgan fingerprint density at radius 2 is 2.05 bits per heavy atom. The van der Waals surface area contributed by atoms with E-state index < -0.39 is 0 Å². The van der Waals surface area contributed by atoms with Crippen LogP contribution in [0, 0.1) is 0 Å². The van der Waals surface area contributed by atoms with E-state index in [-0.39, 0.29) is 6.29 Å². The number of ether oxygens (including phenoxy) is 2. The quantitative estimate of drug-likeness (QED) is 0.882. The number of nitrogens with zero attached hydrogens (tertiary/aromatic N) is 1. The van der Waals surface area contributed by atoms with Crippen LogP contribution in [0.25, 0.3) is 10.9 Å². The van der Waals surface area contributed by atoms with E-state index in [0.29, 0.717) is 0 Å². The summed E-state index contributed by atoms with van der Waals surface area (Å²) in [5.41, 5.74) is 3.92. The van der Waals surface area contributed by atoms with Crippen LogP contribution in [0.5, 0.6) is 0 Å². The topological polar surface area (TPSA) is 37.5 Å². The van der Waals surface area contributed by atoms with Crippen molar-refractivity contribution in [3.05, 3.63) is 47.7 Å². The highest BCUT2D eigenvalue weighted by Gasteiger charge is 2.24. The van der Waals surface area contributed by atoms with Crippen molar-refractivity contribution >= 4 is 10.9 Å². The zero-order valence-corrected chi connectivity index (χ0v) is 12.8. The van der Waals surface area contributed by atoms with Gasteiger partial charge in [-0.25, -0.2) is 0 Å². The maximum Gasteiger partial charge on any atom is 0.181 e. The number of aromatic nitrogens is 1. The molecule has 0 radical (unpaired) electrons. The first-order valence-corrected chi connectivity index (χ1v) is 8.09. The average molecular weight is 298 g/mol. The van der Waals surface area contributed by atoms with Crippen LogP contribution in [0.15, 0.2) is 42.1 Å². The third-order valence-corrected chi connectivity index (χ3v) is 4.55. The molecule has 0 unspecified atom stereocenters. The van der Waals surface area contributed by atoms with Crippen LogP contribution in [0.2, 0.25) is 0 Å². The Kier molecular flexibility index (Phi) is 3.97.